The summed E-state index contributed by atoms with van der Waals surface area (Å²) in [5.41, 5.74) is 9.14. The number of ketones is 1. The summed E-state index contributed by atoms with van der Waals surface area (Å²) in [5, 5.41) is 20.2. The smallest absolute Gasteiger partial charge is 0.396 e. The Labute approximate surface area is 503 Å². The fourth-order valence-electron chi connectivity index (χ4n) is 11.0. The van der Waals surface area contributed by atoms with Gasteiger partial charge in [0.1, 0.15) is 42.0 Å². The van der Waals surface area contributed by atoms with Crippen molar-refractivity contribution in [3.8, 4) is 16.2 Å². The van der Waals surface area contributed by atoms with E-state index in [2.05, 4.69) is 25.9 Å². The Hall–Kier alpha value is -6.81. The Morgan fingerprint density at radius 2 is 1.62 bits per heavy atom. The maximum atomic E-state index is 14.4. The molecule has 6 amide bonds. The summed E-state index contributed by atoms with van der Waals surface area (Å²) in [5.74, 6) is -3.54. The number of unbranched alkanes of at least 4 members (excludes halogenated alkanes) is 1. The maximum absolute atomic E-state index is 14.4. The van der Waals surface area contributed by atoms with Crippen LogP contribution >= 0.6 is 30.5 Å². The second-order valence-electron chi connectivity index (χ2n) is 23.8. The van der Waals surface area contributed by atoms with E-state index in [0.717, 1.165) is 27.3 Å². The van der Waals surface area contributed by atoms with Gasteiger partial charge in [0.15, 0.2) is 0 Å². The van der Waals surface area contributed by atoms with Crippen LogP contribution in [0.5, 0.6) is 5.75 Å². The topological polar surface area (TPSA) is 321 Å². The largest absolute Gasteiger partial charge is 0.490 e. The van der Waals surface area contributed by atoms with E-state index in [1.165, 1.54) is 34.1 Å². The van der Waals surface area contributed by atoms with Gasteiger partial charge in [-0.2, -0.15) is 0 Å². The summed E-state index contributed by atoms with van der Waals surface area (Å²) in [6.45, 7) is 13.4. The zero-order valence-electron chi connectivity index (χ0n) is 49.0. The highest BCUT2D eigenvalue weighted by Gasteiger charge is 2.45. The number of Topliss-reactive ketones (excluding diaryl/α,β-unsaturated/α-hetero) is 1. The number of carbonyl (C=O) groups is 8. The first kappa shape index (κ1) is 65.7. The molecule has 0 saturated carbocycles. The van der Waals surface area contributed by atoms with Gasteiger partial charge in [-0.1, -0.05) is 82.6 Å². The standard InChI is InChI=1S/C61H78ClN8O13PS/c1-34(2)26-48(68-55(74)47-28-41-27-40(21-23-46(41)67-47)60(79)84(80,81)82)59(78)69-25-11-15-49(69)56(75)66-42(22-24-52(63)73)32-83-51-16-10-13-38(53(51)62)12-8-9-14-43(71)29-45(61(5,6)7)58(77)70-31-44(72)30-50(70)57(76)65-35(3)37-17-19-39(20-18-37)54-36(4)64-33-85-54/h10,13,16-21,23,27-28,33-35,42,44-45,48-50,67,72H,8-9,11-12,14-15,22,24-26,29-32H2,1-7H3,(H2,63,73)(H,65,76)(H,66,75)(H,68,74)(H2,80,81,82)/t35-,42-,44+,45+,48-,49-,50-/m0/s1. The molecule has 0 spiro atoms. The molecule has 2 aliphatic heterocycles. The highest BCUT2D eigenvalue weighted by Crippen LogP contribution is 2.40. The number of aliphatic hydroxyl groups is 1. The Morgan fingerprint density at radius 3 is 2.28 bits per heavy atom. The van der Waals surface area contributed by atoms with Gasteiger partial charge < -0.3 is 56.1 Å². The lowest BCUT2D eigenvalue weighted by atomic mass is 9.76. The van der Waals surface area contributed by atoms with Gasteiger partial charge in [-0.25, -0.2) is 4.98 Å². The number of nitrogens with one attached hydrogen (secondary N) is 4. The summed E-state index contributed by atoms with van der Waals surface area (Å²) in [6, 6.07) is 14.5. The Bertz CT molecular complexity index is 3320. The van der Waals surface area contributed by atoms with Crippen LogP contribution in [0.2, 0.25) is 5.02 Å². The molecular formula is C61H78ClN8O13PS. The van der Waals surface area contributed by atoms with Crippen molar-refractivity contribution < 1.29 is 62.6 Å². The molecular weight excluding hydrogens is 1150 g/mol. The summed E-state index contributed by atoms with van der Waals surface area (Å²) in [4.78, 5) is 138. The first-order valence-corrected chi connectivity index (χ1v) is 31.6. The number of ether oxygens (including phenoxy) is 1. The van der Waals surface area contributed by atoms with Gasteiger partial charge in [-0.3, -0.25) is 42.9 Å². The second-order valence-corrected chi connectivity index (χ2v) is 26.5. The number of hydrogen-bond acceptors (Lipinski definition) is 13. The van der Waals surface area contributed by atoms with Crippen LogP contribution in [0.15, 0.2) is 72.2 Å². The lowest BCUT2D eigenvalue weighted by molar-refractivity contribution is -0.146. The molecule has 2 fully saturated rings. The summed E-state index contributed by atoms with van der Waals surface area (Å²) < 4.78 is 17.8. The third kappa shape index (κ3) is 17.2. The number of likely N-dealkylation sites (tertiary alicyclic amines) is 2. The number of H-pyrrole nitrogens is 1. The minimum absolute atomic E-state index is 0.0199. The number of thiazole rings is 1. The van der Waals surface area contributed by atoms with Crippen LogP contribution in [0.1, 0.15) is 149 Å². The fourth-order valence-corrected chi connectivity index (χ4v) is 12.5. The molecule has 9 N–H and O–H groups in total. The predicted molar refractivity (Wildman–Crippen MR) is 323 cm³/mol. The number of nitrogens with two attached hydrogens (primary N) is 1. The molecule has 7 rings (SSSR count). The molecule has 2 aliphatic rings. The van der Waals surface area contributed by atoms with E-state index in [1.54, 1.807) is 29.0 Å². The van der Waals surface area contributed by atoms with E-state index in [0.29, 0.717) is 53.8 Å². The van der Waals surface area contributed by atoms with E-state index < -0.39 is 78.4 Å². The number of rotatable bonds is 27. The van der Waals surface area contributed by atoms with Gasteiger partial charge in [0.25, 0.3) is 11.4 Å². The fraction of sp³-hybridized carbons (Fsp3) is 0.492. The molecule has 21 nitrogen and oxygen atoms in total. The molecule has 0 aliphatic carbocycles. The van der Waals surface area contributed by atoms with Gasteiger partial charge in [0.05, 0.1) is 39.3 Å². The van der Waals surface area contributed by atoms with Crippen LogP contribution in [0, 0.1) is 24.2 Å². The van der Waals surface area contributed by atoms with Gasteiger partial charge in [-0.05, 0) is 117 Å². The number of halogens is 1. The van der Waals surface area contributed by atoms with Gasteiger partial charge in [0.2, 0.25) is 29.5 Å². The first-order chi connectivity index (χ1) is 40.1. The third-order valence-corrected chi connectivity index (χ3v) is 17.9. The zero-order valence-corrected chi connectivity index (χ0v) is 51.5. The number of nitrogens with zero attached hydrogens (tertiary/aromatic N) is 3. The van der Waals surface area contributed by atoms with E-state index in [4.69, 9.17) is 22.1 Å². The van der Waals surface area contributed by atoms with Crippen LogP contribution in [0.25, 0.3) is 21.3 Å². The molecule has 4 heterocycles. The van der Waals surface area contributed by atoms with Crippen LogP contribution < -0.4 is 26.4 Å². The molecule has 0 bridgehead atoms. The number of carbonyl (C=O) groups excluding carboxylic acids is 8. The Balaban J connectivity index is 0.912. The van der Waals surface area contributed by atoms with Crippen molar-refractivity contribution >= 4 is 88.2 Å². The number of amides is 6. The normalized spacial score (nSPS) is 17.8. The Morgan fingerprint density at radius 1 is 0.906 bits per heavy atom. The lowest BCUT2D eigenvalue weighted by Gasteiger charge is -2.35. The molecule has 7 atom stereocenters. The van der Waals surface area contributed by atoms with Crippen molar-refractivity contribution in [1.29, 1.82) is 0 Å². The van der Waals surface area contributed by atoms with Crippen molar-refractivity contribution in [3.05, 3.63) is 105 Å². The average molecular weight is 1230 g/mol. The van der Waals surface area contributed by atoms with E-state index in [-0.39, 0.29) is 99.0 Å². The molecule has 24 heteroatoms. The highest BCUT2D eigenvalue weighted by molar-refractivity contribution is 7.70. The number of aliphatic hydroxyl groups excluding tert-OH is 1. The zero-order chi connectivity index (χ0) is 62.1. The number of primary amides is 1. The summed E-state index contributed by atoms with van der Waals surface area (Å²) in [6.07, 6.45) is 1.97. The first-order valence-electron chi connectivity index (χ1n) is 28.7. The van der Waals surface area contributed by atoms with E-state index >= 15 is 0 Å². The molecule has 5 aromatic rings. The molecule has 0 unspecified atom stereocenters. The van der Waals surface area contributed by atoms with Crippen molar-refractivity contribution in [3.63, 3.8) is 0 Å². The monoisotopic (exact) mass is 1230 g/mol. The van der Waals surface area contributed by atoms with Crippen LogP contribution in [0.4, 0.5) is 0 Å². The molecule has 3 aromatic carbocycles. The summed E-state index contributed by atoms with van der Waals surface area (Å²) >= 11 is 8.46. The minimum Gasteiger partial charge on any atom is -0.490 e. The Kier molecular flexibility index (Phi) is 22.1. The van der Waals surface area contributed by atoms with Crippen molar-refractivity contribution in [2.75, 3.05) is 19.7 Å². The number of β-amino-alcohol motifs (C(OH)–C–C–N with tert-alkyl or cyclic N) is 1. The second kappa shape index (κ2) is 28.6. The van der Waals surface area contributed by atoms with Crippen LogP contribution in [-0.2, 0) is 39.8 Å². The SMILES string of the molecule is Cc1ncsc1-c1ccc([C@H](C)NC(=O)[C@@H]2C[C@@H](O)CN2C(=O)[C@@H](CC(=O)CCCCc2cccc(OC[C@H](CCC(N)=O)NC(=O)[C@@H]3CCCN3C(=O)[C@H](CC(C)C)NC(=O)c3cc4cc(C(=O)P(=O)(O)O)ccc4[nH]3)c2Cl)C(C)(C)C)cc1. The third-order valence-electron chi connectivity index (χ3n) is 15.7. The summed E-state index contributed by atoms with van der Waals surface area (Å²) in [7, 11) is -5.05. The van der Waals surface area contributed by atoms with Crippen LogP contribution in [-0.4, -0.2) is 131 Å². The predicted octanol–water partition coefficient (Wildman–Crippen LogP) is 7.71. The van der Waals surface area contributed by atoms with Gasteiger partial charge in [0, 0.05) is 61.2 Å². The van der Waals surface area contributed by atoms with Gasteiger partial charge in [-0.15, -0.1) is 11.3 Å². The number of benzene rings is 3. The number of aryl methyl sites for hydroxylation is 2. The lowest BCUT2D eigenvalue weighted by Crippen LogP contribution is -2.55. The highest BCUT2D eigenvalue weighted by atomic mass is 35.5. The van der Waals surface area contributed by atoms with E-state index in [9.17, 15) is 57.8 Å². The van der Waals surface area contributed by atoms with Crippen molar-refractivity contribution in [1.82, 2.24) is 35.7 Å². The molecule has 2 aromatic heterocycles. The number of aromatic amines is 1. The maximum Gasteiger partial charge on any atom is 0.396 e. The van der Waals surface area contributed by atoms with Crippen LogP contribution in [0.3, 0.4) is 0 Å². The minimum atomic E-state index is -5.05. The van der Waals surface area contributed by atoms with E-state index in [1.807, 2.05) is 78.8 Å². The number of aromatic nitrogens is 2. The quantitative estimate of drug-likeness (QED) is 0.0184. The number of hydrogen-bond donors (Lipinski definition) is 8. The molecule has 458 valence electrons. The molecule has 85 heavy (non-hydrogen) atoms. The molecule has 2 saturated heterocycles. The molecule has 0 radical (unpaired) electrons. The van der Waals surface area contributed by atoms with Crippen molar-refractivity contribution in [2.45, 2.75) is 155 Å². The van der Waals surface area contributed by atoms with Gasteiger partial charge >= 0.3 is 7.60 Å². The number of fused-ring (bicyclic) bond motifs is 1. The van der Waals surface area contributed by atoms with Crippen molar-refractivity contribution in [2.24, 2.45) is 23.0 Å². The average Bonchev–Trinajstić information content (AvgIpc) is 4.51.